The van der Waals surface area contributed by atoms with Gasteiger partial charge in [0, 0.05) is 24.4 Å². The first-order chi connectivity index (χ1) is 9.73. The van der Waals surface area contributed by atoms with Gasteiger partial charge in [-0.25, -0.2) is 13.8 Å². The van der Waals surface area contributed by atoms with Gasteiger partial charge in [0.2, 0.25) is 0 Å². The van der Waals surface area contributed by atoms with Crippen LogP contribution in [0.2, 0.25) is 5.02 Å². The van der Waals surface area contributed by atoms with E-state index in [0.717, 1.165) is 12.1 Å². The molecule has 2 aromatic rings. The van der Waals surface area contributed by atoms with Crippen molar-refractivity contribution < 1.29 is 9.18 Å². The van der Waals surface area contributed by atoms with Gasteiger partial charge in [-0.2, -0.15) is 0 Å². The molecule has 0 N–H and O–H groups in total. The highest BCUT2D eigenvalue weighted by Gasteiger charge is 2.17. The van der Waals surface area contributed by atoms with Gasteiger partial charge in [-0.1, -0.05) is 11.6 Å². The van der Waals surface area contributed by atoms with Crippen LogP contribution in [0.4, 0.5) is 4.39 Å². The van der Waals surface area contributed by atoms with Crippen LogP contribution >= 0.6 is 11.6 Å². The minimum absolute atomic E-state index is 0.0441. The second-order valence-corrected chi connectivity index (χ2v) is 5.05. The molecule has 1 aromatic carbocycles. The zero-order valence-corrected chi connectivity index (χ0v) is 12.4. The van der Waals surface area contributed by atoms with Crippen LogP contribution in [0.25, 0.3) is 5.69 Å². The predicted octanol–water partition coefficient (Wildman–Crippen LogP) is 1.84. The largest absolute Gasteiger partial charge is 0.335 e. The number of aromatic nitrogens is 2. The highest BCUT2D eigenvalue weighted by molar-refractivity contribution is 6.33. The number of hydrogen-bond donors (Lipinski definition) is 0. The second kappa shape index (κ2) is 5.29. The Morgan fingerprint density at radius 1 is 1.24 bits per heavy atom. The Morgan fingerprint density at radius 3 is 2.43 bits per heavy atom. The van der Waals surface area contributed by atoms with E-state index in [9.17, 15) is 18.8 Å². The fraction of sp³-hybridized carbons (Fsp3) is 0.214. The van der Waals surface area contributed by atoms with E-state index in [1.165, 1.54) is 24.6 Å². The molecule has 21 heavy (non-hydrogen) atoms. The maximum Gasteiger partial charge on any atom is 0.335 e. The number of carbonyl (C=O) groups excluding carboxylic acids is 1. The maximum absolute atomic E-state index is 14.1. The summed E-state index contributed by atoms with van der Waals surface area (Å²) in [5.74, 6) is -1.24. The van der Waals surface area contributed by atoms with Crippen molar-refractivity contribution in [3.8, 4) is 5.69 Å². The van der Waals surface area contributed by atoms with E-state index in [1.807, 2.05) is 0 Å². The standard InChI is InChI=1S/C14H12ClFN2O3/c1-7-4-13(20)18(14(21)17(7)3)12-5-9(8(2)19)10(15)6-11(12)16/h4-6H,1-3H3. The molecule has 1 aromatic heterocycles. The predicted molar refractivity (Wildman–Crippen MR) is 77.0 cm³/mol. The van der Waals surface area contributed by atoms with E-state index >= 15 is 0 Å². The normalized spacial score (nSPS) is 10.7. The van der Waals surface area contributed by atoms with Gasteiger partial charge in [0.05, 0.1) is 10.7 Å². The Labute approximate surface area is 124 Å². The zero-order valence-electron chi connectivity index (χ0n) is 11.6. The number of aryl methyl sites for hydroxylation is 1. The first-order valence-corrected chi connectivity index (χ1v) is 6.42. The number of hydrogen-bond acceptors (Lipinski definition) is 3. The number of benzene rings is 1. The van der Waals surface area contributed by atoms with Crippen molar-refractivity contribution in [2.24, 2.45) is 7.05 Å². The van der Waals surface area contributed by atoms with Crippen molar-refractivity contribution in [3.63, 3.8) is 0 Å². The number of Topliss-reactive ketones (excluding diaryl/α,β-unsaturated/α-hetero) is 1. The first kappa shape index (κ1) is 15.2. The lowest BCUT2D eigenvalue weighted by molar-refractivity contribution is 0.101. The fourth-order valence-corrected chi connectivity index (χ4v) is 2.22. The molecular weight excluding hydrogens is 299 g/mol. The van der Waals surface area contributed by atoms with E-state index in [1.54, 1.807) is 6.92 Å². The average Bonchev–Trinajstić information content (AvgIpc) is 2.38. The van der Waals surface area contributed by atoms with Crippen LogP contribution in [0.1, 0.15) is 23.0 Å². The number of rotatable bonds is 2. The molecule has 7 heteroatoms. The van der Waals surface area contributed by atoms with Gasteiger partial charge >= 0.3 is 5.69 Å². The summed E-state index contributed by atoms with van der Waals surface area (Å²) >= 11 is 5.79. The number of carbonyl (C=O) groups is 1. The van der Waals surface area contributed by atoms with E-state index in [0.29, 0.717) is 10.3 Å². The minimum atomic E-state index is -0.854. The lowest BCUT2D eigenvalue weighted by Gasteiger charge is -2.11. The Balaban J connectivity index is 2.89. The molecule has 1 heterocycles. The molecule has 0 bridgehead atoms. The Kier molecular flexibility index (Phi) is 3.82. The Hall–Kier alpha value is -2.21. The van der Waals surface area contributed by atoms with Gasteiger partial charge < -0.3 is 4.57 Å². The highest BCUT2D eigenvalue weighted by atomic mass is 35.5. The molecule has 0 fully saturated rings. The van der Waals surface area contributed by atoms with Crippen molar-refractivity contribution in [3.05, 3.63) is 61.1 Å². The van der Waals surface area contributed by atoms with Gasteiger partial charge in [-0.3, -0.25) is 9.59 Å². The van der Waals surface area contributed by atoms with E-state index < -0.39 is 22.8 Å². The van der Waals surface area contributed by atoms with Gasteiger partial charge in [0.15, 0.2) is 5.78 Å². The molecule has 0 aliphatic carbocycles. The molecule has 0 saturated heterocycles. The van der Waals surface area contributed by atoms with Crippen molar-refractivity contribution in [2.45, 2.75) is 13.8 Å². The van der Waals surface area contributed by atoms with Crippen LogP contribution in [0.5, 0.6) is 0 Å². The van der Waals surface area contributed by atoms with E-state index in [4.69, 9.17) is 11.6 Å². The number of nitrogens with zero attached hydrogens (tertiary/aromatic N) is 2. The smallest absolute Gasteiger partial charge is 0.301 e. The van der Waals surface area contributed by atoms with E-state index in [-0.39, 0.29) is 16.3 Å². The molecule has 0 aliphatic rings. The fourth-order valence-electron chi connectivity index (χ4n) is 1.94. The quantitative estimate of drug-likeness (QED) is 0.795. The summed E-state index contributed by atoms with van der Waals surface area (Å²) in [5, 5.41) is -0.0688. The summed E-state index contributed by atoms with van der Waals surface area (Å²) in [7, 11) is 1.47. The first-order valence-electron chi connectivity index (χ1n) is 6.04. The Bertz CT molecular complexity index is 868. The molecule has 0 saturated carbocycles. The number of halogens is 2. The third kappa shape index (κ3) is 2.54. The SMILES string of the molecule is CC(=O)c1cc(-n2c(=O)cc(C)n(C)c2=O)c(F)cc1Cl. The van der Waals surface area contributed by atoms with Crippen LogP contribution in [0.3, 0.4) is 0 Å². The van der Waals surface area contributed by atoms with Crippen LogP contribution in [-0.2, 0) is 7.05 Å². The van der Waals surface area contributed by atoms with Gasteiger partial charge in [-0.05, 0) is 26.0 Å². The summed E-state index contributed by atoms with van der Waals surface area (Å²) < 4.78 is 16.0. The van der Waals surface area contributed by atoms with Crippen LogP contribution in [0, 0.1) is 12.7 Å². The summed E-state index contributed by atoms with van der Waals surface area (Å²) in [4.78, 5) is 35.6. The molecule has 0 unspecified atom stereocenters. The maximum atomic E-state index is 14.1. The minimum Gasteiger partial charge on any atom is -0.301 e. The average molecular weight is 311 g/mol. The monoisotopic (exact) mass is 310 g/mol. The summed E-state index contributed by atoms with van der Waals surface area (Å²) in [6.07, 6.45) is 0. The lowest BCUT2D eigenvalue weighted by Crippen LogP contribution is -2.38. The van der Waals surface area contributed by atoms with Crippen molar-refractivity contribution >= 4 is 17.4 Å². The summed E-state index contributed by atoms with van der Waals surface area (Å²) in [6.45, 7) is 2.85. The summed E-state index contributed by atoms with van der Waals surface area (Å²) in [5.41, 5.74) is -1.18. The lowest BCUT2D eigenvalue weighted by atomic mass is 10.1. The molecule has 2 rings (SSSR count). The van der Waals surface area contributed by atoms with Crippen LogP contribution < -0.4 is 11.2 Å². The second-order valence-electron chi connectivity index (χ2n) is 4.64. The molecule has 110 valence electrons. The van der Waals surface area contributed by atoms with Crippen molar-refractivity contribution in [1.82, 2.24) is 9.13 Å². The molecule has 0 aliphatic heterocycles. The van der Waals surface area contributed by atoms with Gasteiger partial charge in [0.1, 0.15) is 5.82 Å². The third-order valence-corrected chi connectivity index (χ3v) is 3.53. The number of ketones is 1. The summed E-state index contributed by atoms with van der Waals surface area (Å²) in [6, 6.07) is 3.24. The molecule has 0 amide bonds. The molecule has 5 nitrogen and oxygen atoms in total. The van der Waals surface area contributed by atoms with Gasteiger partial charge in [0.25, 0.3) is 5.56 Å². The van der Waals surface area contributed by atoms with Gasteiger partial charge in [-0.15, -0.1) is 0 Å². The Morgan fingerprint density at radius 2 is 1.86 bits per heavy atom. The molecule has 0 atom stereocenters. The van der Waals surface area contributed by atoms with E-state index in [2.05, 4.69) is 0 Å². The topological polar surface area (TPSA) is 61.1 Å². The zero-order chi connectivity index (χ0) is 15.9. The van der Waals surface area contributed by atoms with Crippen molar-refractivity contribution in [2.75, 3.05) is 0 Å². The molecule has 0 radical (unpaired) electrons. The molecular formula is C14H12ClFN2O3. The molecule has 0 spiro atoms. The third-order valence-electron chi connectivity index (χ3n) is 3.22. The van der Waals surface area contributed by atoms with Crippen molar-refractivity contribution in [1.29, 1.82) is 0 Å². The van der Waals surface area contributed by atoms with Crippen LogP contribution in [-0.4, -0.2) is 14.9 Å². The van der Waals surface area contributed by atoms with Crippen LogP contribution in [0.15, 0.2) is 27.8 Å². The highest BCUT2D eigenvalue weighted by Crippen LogP contribution is 2.22.